The van der Waals surface area contributed by atoms with E-state index in [9.17, 15) is 9.59 Å². The Kier molecular flexibility index (Phi) is 5.58. The Bertz CT molecular complexity index is 1010. The fourth-order valence-corrected chi connectivity index (χ4v) is 3.29. The van der Waals surface area contributed by atoms with Crippen LogP contribution < -0.4 is 10.6 Å². The Morgan fingerprint density at radius 2 is 1.75 bits per heavy atom. The Labute approximate surface area is 164 Å². The fourth-order valence-electron chi connectivity index (χ4n) is 3.29. The monoisotopic (exact) mass is 381 g/mol. The van der Waals surface area contributed by atoms with Gasteiger partial charge < -0.3 is 19.9 Å². The van der Waals surface area contributed by atoms with Crippen molar-refractivity contribution < 1.29 is 14.3 Å². The number of ether oxygens (including phenoxy) is 1. The largest absolute Gasteiger partial charge is 0.444 e. The number of amides is 2. The average molecular weight is 381 g/mol. The minimum absolute atomic E-state index is 0.158. The highest BCUT2D eigenvalue weighted by Crippen LogP contribution is 2.30. The van der Waals surface area contributed by atoms with E-state index in [4.69, 9.17) is 4.74 Å². The summed E-state index contributed by atoms with van der Waals surface area (Å²) >= 11 is 0. The van der Waals surface area contributed by atoms with E-state index in [1.807, 2.05) is 30.3 Å². The van der Waals surface area contributed by atoms with Crippen molar-refractivity contribution in [3.8, 4) is 0 Å². The first-order valence-electron chi connectivity index (χ1n) is 9.56. The summed E-state index contributed by atoms with van der Waals surface area (Å²) in [5, 5.41) is 7.78. The summed E-state index contributed by atoms with van der Waals surface area (Å²) in [6, 6.07) is 14.2. The molecule has 3 rings (SSSR count). The van der Waals surface area contributed by atoms with Crippen LogP contribution in [0.3, 0.4) is 0 Å². The molecule has 3 aromatic rings. The Morgan fingerprint density at radius 3 is 2.46 bits per heavy atom. The summed E-state index contributed by atoms with van der Waals surface area (Å²) < 4.78 is 7.42. The van der Waals surface area contributed by atoms with E-state index < -0.39 is 11.7 Å². The topological polar surface area (TPSA) is 72.4 Å². The third-order valence-electron chi connectivity index (χ3n) is 4.39. The molecule has 0 unspecified atom stereocenters. The SMILES string of the molecule is CCn1c2ccccc2c2cc(NC(=O)CCNC(=O)OC(C)(C)C)ccc21. The number of para-hydroxylation sites is 1. The number of fused-ring (bicyclic) bond motifs is 3. The first-order valence-corrected chi connectivity index (χ1v) is 9.56. The third kappa shape index (κ3) is 4.44. The number of nitrogens with zero attached hydrogens (tertiary/aromatic N) is 1. The first kappa shape index (κ1) is 19.7. The molecule has 28 heavy (non-hydrogen) atoms. The summed E-state index contributed by atoms with van der Waals surface area (Å²) in [4.78, 5) is 23.9. The molecule has 6 heteroatoms. The van der Waals surface area contributed by atoms with Gasteiger partial charge in [0.1, 0.15) is 5.60 Å². The molecule has 1 heterocycles. The van der Waals surface area contributed by atoms with Crippen LogP contribution in [0.5, 0.6) is 0 Å². The zero-order valence-corrected chi connectivity index (χ0v) is 16.8. The van der Waals surface area contributed by atoms with Crippen LogP contribution in [0.25, 0.3) is 21.8 Å². The lowest BCUT2D eigenvalue weighted by atomic mass is 10.1. The van der Waals surface area contributed by atoms with Crippen LogP contribution in [0.4, 0.5) is 10.5 Å². The van der Waals surface area contributed by atoms with E-state index in [2.05, 4.69) is 34.3 Å². The highest BCUT2D eigenvalue weighted by molar-refractivity contribution is 6.09. The molecule has 0 bridgehead atoms. The molecule has 2 amide bonds. The summed E-state index contributed by atoms with van der Waals surface area (Å²) in [6.07, 6.45) is -0.345. The Morgan fingerprint density at radius 1 is 1.04 bits per heavy atom. The predicted octanol–water partition coefficient (Wildman–Crippen LogP) is 4.67. The smallest absolute Gasteiger partial charge is 0.407 e. The molecule has 2 aromatic carbocycles. The first-order chi connectivity index (χ1) is 13.3. The molecule has 1 aromatic heterocycles. The minimum atomic E-state index is -0.556. The van der Waals surface area contributed by atoms with Crippen molar-refractivity contribution in [1.82, 2.24) is 9.88 Å². The van der Waals surface area contributed by atoms with Crippen molar-refractivity contribution in [3.63, 3.8) is 0 Å². The van der Waals surface area contributed by atoms with Crippen LogP contribution in [0.15, 0.2) is 42.5 Å². The van der Waals surface area contributed by atoms with Crippen molar-refractivity contribution in [3.05, 3.63) is 42.5 Å². The molecule has 0 aliphatic heterocycles. The lowest BCUT2D eigenvalue weighted by molar-refractivity contribution is -0.116. The van der Waals surface area contributed by atoms with Gasteiger partial charge in [0.2, 0.25) is 5.91 Å². The second-order valence-corrected chi connectivity index (χ2v) is 7.72. The van der Waals surface area contributed by atoms with E-state index in [-0.39, 0.29) is 18.9 Å². The molecule has 0 saturated heterocycles. The number of hydrogen-bond donors (Lipinski definition) is 2. The number of rotatable bonds is 5. The van der Waals surface area contributed by atoms with Gasteiger partial charge in [0, 0.05) is 47.0 Å². The number of carbonyl (C=O) groups is 2. The molecule has 0 spiro atoms. The highest BCUT2D eigenvalue weighted by atomic mass is 16.6. The predicted molar refractivity (Wildman–Crippen MR) is 113 cm³/mol. The van der Waals surface area contributed by atoms with E-state index in [1.165, 1.54) is 10.9 Å². The number of aryl methyl sites for hydroxylation is 1. The number of hydrogen-bond acceptors (Lipinski definition) is 3. The van der Waals surface area contributed by atoms with Gasteiger partial charge in [0.25, 0.3) is 0 Å². The standard InChI is InChI=1S/C22H27N3O3/c1-5-25-18-9-7-6-8-16(18)17-14-15(10-11-19(17)25)24-20(26)12-13-23-21(27)28-22(2,3)4/h6-11,14H,5,12-13H2,1-4H3,(H,23,27)(H,24,26). The number of alkyl carbamates (subject to hydrolysis) is 1. The van der Waals surface area contributed by atoms with E-state index in [0.29, 0.717) is 0 Å². The summed E-state index contributed by atoms with van der Waals surface area (Å²) in [5.41, 5.74) is 2.52. The maximum atomic E-state index is 12.2. The number of carbonyl (C=O) groups excluding carboxylic acids is 2. The lowest BCUT2D eigenvalue weighted by Gasteiger charge is -2.19. The van der Waals surface area contributed by atoms with Gasteiger partial charge in [-0.25, -0.2) is 4.79 Å². The molecule has 2 N–H and O–H groups in total. The van der Waals surface area contributed by atoms with Gasteiger partial charge in [0.05, 0.1) is 0 Å². The van der Waals surface area contributed by atoms with Gasteiger partial charge in [-0.15, -0.1) is 0 Å². The van der Waals surface area contributed by atoms with Gasteiger partial charge in [-0.2, -0.15) is 0 Å². The molecule has 6 nitrogen and oxygen atoms in total. The zero-order valence-electron chi connectivity index (χ0n) is 16.8. The van der Waals surface area contributed by atoms with Crippen LogP contribution in [0.2, 0.25) is 0 Å². The van der Waals surface area contributed by atoms with Crippen LogP contribution in [0.1, 0.15) is 34.1 Å². The molecule has 0 fully saturated rings. The van der Waals surface area contributed by atoms with Gasteiger partial charge in [0.15, 0.2) is 0 Å². The molecular weight excluding hydrogens is 354 g/mol. The van der Waals surface area contributed by atoms with Crippen LogP contribution in [-0.2, 0) is 16.1 Å². The number of benzene rings is 2. The number of nitrogens with one attached hydrogen (secondary N) is 2. The molecule has 0 atom stereocenters. The molecule has 0 radical (unpaired) electrons. The van der Waals surface area contributed by atoms with Gasteiger partial charge >= 0.3 is 6.09 Å². The maximum Gasteiger partial charge on any atom is 0.407 e. The van der Waals surface area contributed by atoms with Gasteiger partial charge in [-0.1, -0.05) is 18.2 Å². The van der Waals surface area contributed by atoms with Crippen LogP contribution >= 0.6 is 0 Å². The second kappa shape index (κ2) is 7.92. The third-order valence-corrected chi connectivity index (χ3v) is 4.39. The molecule has 0 saturated carbocycles. The fraction of sp³-hybridized carbons (Fsp3) is 0.364. The van der Waals surface area contributed by atoms with Crippen LogP contribution in [-0.4, -0.2) is 28.7 Å². The minimum Gasteiger partial charge on any atom is -0.444 e. The quantitative estimate of drug-likeness (QED) is 0.675. The summed E-state index contributed by atoms with van der Waals surface area (Å²) in [7, 11) is 0. The van der Waals surface area contributed by atoms with Crippen molar-refractivity contribution in [1.29, 1.82) is 0 Å². The Hall–Kier alpha value is -3.02. The van der Waals surface area contributed by atoms with Crippen molar-refractivity contribution in [2.45, 2.75) is 46.3 Å². The molecule has 148 valence electrons. The number of aromatic nitrogens is 1. The number of anilines is 1. The second-order valence-electron chi connectivity index (χ2n) is 7.72. The maximum absolute atomic E-state index is 12.2. The normalized spacial score (nSPS) is 11.6. The van der Waals surface area contributed by atoms with Crippen molar-refractivity contribution in [2.75, 3.05) is 11.9 Å². The summed E-state index contributed by atoms with van der Waals surface area (Å²) in [5.74, 6) is -0.158. The van der Waals surface area contributed by atoms with E-state index in [0.717, 1.165) is 23.1 Å². The molecule has 0 aliphatic rings. The zero-order chi connectivity index (χ0) is 20.3. The lowest BCUT2D eigenvalue weighted by Crippen LogP contribution is -2.34. The van der Waals surface area contributed by atoms with Gasteiger partial charge in [-0.3, -0.25) is 4.79 Å². The summed E-state index contributed by atoms with van der Waals surface area (Å²) in [6.45, 7) is 8.62. The molecular formula is C22H27N3O3. The van der Waals surface area contributed by atoms with E-state index >= 15 is 0 Å². The Balaban J connectivity index is 1.67. The van der Waals surface area contributed by atoms with E-state index in [1.54, 1.807) is 20.8 Å². The van der Waals surface area contributed by atoms with Crippen LogP contribution in [0, 0.1) is 0 Å². The molecule has 0 aliphatic carbocycles. The average Bonchev–Trinajstić information content (AvgIpc) is 2.93. The van der Waals surface area contributed by atoms with Crippen molar-refractivity contribution in [2.24, 2.45) is 0 Å². The van der Waals surface area contributed by atoms with Gasteiger partial charge in [-0.05, 0) is 52.0 Å². The van der Waals surface area contributed by atoms with Crippen molar-refractivity contribution >= 4 is 39.5 Å². The highest BCUT2D eigenvalue weighted by Gasteiger charge is 2.16.